The molecule has 9 heteroatoms. The third-order valence-electron chi connectivity index (χ3n) is 4.52. The van der Waals surface area contributed by atoms with Crippen LogP contribution in [0.2, 0.25) is 0 Å². The normalized spacial score (nSPS) is 15.8. The molecule has 0 saturated carbocycles. The molecule has 1 saturated heterocycles. The zero-order valence-electron chi connectivity index (χ0n) is 16.2. The molecule has 0 bridgehead atoms. The van der Waals surface area contributed by atoms with E-state index in [1.807, 2.05) is 24.3 Å². The summed E-state index contributed by atoms with van der Waals surface area (Å²) in [6, 6.07) is 9.26. The largest absolute Gasteiger partial charge is 0.496 e. The van der Waals surface area contributed by atoms with Gasteiger partial charge < -0.3 is 20.1 Å². The van der Waals surface area contributed by atoms with Crippen LogP contribution >= 0.6 is 0 Å². The molecule has 29 heavy (non-hydrogen) atoms. The minimum Gasteiger partial charge on any atom is -0.496 e. The molecular formula is C20H22N4O5. The van der Waals surface area contributed by atoms with Gasteiger partial charge in [0.15, 0.2) is 0 Å². The lowest BCUT2D eigenvalue weighted by Gasteiger charge is -2.14. The SMILES string of the molecule is COc1ccc(NC(=O)C[C@H]2NC(=O)N(CCc3ccccc3OC)C2=O)cn1. The van der Waals surface area contributed by atoms with E-state index >= 15 is 0 Å². The van der Waals surface area contributed by atoms with Crippen LogP contribution in [0.15, 0.2) is 42.6 Å². The second kappa shape index (κ2) is 9.05. The van der Waals surface area contributed by atoms with Crippen LogP contribution < -0.4 is 20.1 Å². The highest BCUT2D eigenvalue weighted by atomic mass is 16.5. The van der Waals surface area contributed by atoms with Gasteiger partial charge in [0.25, 0.3) is 5.91 Å². The number of hydrogen-bond donors (Lipinski definition) is 2. The van der Waals surface area contributed by atoms with Gasteiger partial charge >= 0.3 is 6.03 Å². The molecule has 1 aromatic heterocycles. The summed E-state index contributed by atoms with van der Waals surface area (Å²) < 4.78 is 10.2. The van der Waals surface area contributed by atoms with Crippen LogP contribution in [0.5, 0.6) is 11.6 Å². The van der Waals surface area contributed by atoms with Gasteiger partial charge in [-0.25, -0.2) is 9.78 Å². The summed E-state index contributed by atoms with van der Waals surface area (Å²) in [6.07, 6.45) is 1.74. The predicted octanol–water partition coefficient (Wildman–Crippen LogP) is 1.59. The Balaban J connectivity index is 1.55. The molecule has 1 fully saturated rings. The average molecular weight is 398 g/mol. The maximum Gasteiger partial charge on any atom is 0.324 e. The number of imide groups is 1. The Morgan fingerprint density at radius 1 is 1.17 bits per heavy atom. The second-order valence-electron chi connectivity index (χ2n) is 6.40. The third kappa shape index (κ3) is 4.81. The summed E-state index contributed by atoms with van der Waals surface area (Å²) in [4.78, 5) is 42.1. The van der Waals surface area contributed by atoms with Crippen LogP contribution in [0.4, 0.5) is 10.5 Å². The molecule has 0 radical (unpaired) electrons. The Kier molecular flexibility index (Phi) is 6.28. The molecule has 0 unspecified atom stereocenters. The zero-order chi connectivity index (χ0) is 20.8. The van der Waals surface area contributed by atoms with Crippen LogP contribution in [0.25, 0.3) is 0 Å². The number of carbonyl (C=O) groups excluding carboxylic acids is 3. The van der Waals surface area contributed by atoms with Crippen molar-refractivity contribution in [3.05, 3.63) is 48.2 Å². The molecule has 152 valence electrons. The average Bonchev–Trinajstić information content (AvgIpc) is 2.99. The van der Waals surface area contributed by atoms with Gasteiger partial charge in [-0.15, -0.1) is 0 Å². The number of rotatable bonds is 8. The van der Waals surface area contributed by atoms with Crippen molar-refractivity contribution in [2.45, 2.75) is 18.9 Å². The quantitative estimate of drug-likeness (QED) is 0.654. The highest BCUT2D eigenvalue weighted by molar-refractivity contribution is 6.06. The number of anilines is 1. The van der Waals surface area contributed by atoms with Crippen LogP contribution in [-0.4, -0.2) is 54.5 Å². The Morgan fingerprint density at radius 2 is 1.97 bits per heavy atom. The van der Waals surface area contributed by atoms with E-state index in [0.29, 0.717) is 23.7 Å². The van der Waals surface area contributed by atoms with Crippen molar-refractivity contribution in [2.75, 3.05) is 26.1 Å². The van der Waals surface area contributed by atoms with E-state index in [2.05, 4.69) is 15.6 Å². The highest BCUT2D eigenvalue weighted by Crippen LogP contribution is 2.19. The number of nitrogens with one attached hydrogen (secondary N) is 2. The number of para-hydroxylation sites is 1. The van der Waals surface area contributed by atoms with Gasteiger partial charge in [0, 0.05) is 12.6 Å². The van der Waals surface area contributed by atoms with Crippen LogP contribution in [0, 0.1) is 0 Å². The lowest BCUT2D eigenvalue weighted by molar-refractivity contribution is -0.129. The molecule has 0 aliphatic carbocycles. The van der Waals surface area contributed by atoms with E-state index < -0.39 is 23.9 Å². The van der Waals surface area contributed by atoms with Crippen molar-refractivity contribution in [2.24, 2.45) is 0 Å². The molecule has 1 atom stereocenters. The number of amides is 4. The van der Waals surface area contributed by atoms with E-state index in [9.17, 15) is 14.4 Å². The fourth-order valence-electron chi connectivity index (χ4n) is 3.04. The molecule has 2 N–H and O–H groups in total. The van der Waals surface area contributed by atoms with Crippen LogP contribution in [0.3, 0.4) is 0 Å². The maximum absolute atomic E-state index is 12.6. The fourth-order valence-corrected chi connectivity index (χ4v) is 3.04. The first-order chi connectivity index (χ1) is 14.0. The third-order valence-corrected chi connectivity index (χ3v) is 4.52. The Bertz CT molecular complexity index is 900. The summed E-state index contributed by atoms with van der Waals surface area (Å²) >= 11 is 0. The number of benzene rings is 1. The number of urea groups is 1. The number of aromatic nitrogens is 1. The van der Waals surface area contributed by atoms with Crippen LogP contribution in [0.1, 0.15) is 12.0 Å². The summed E-state index contributed by atoms with van der Waals surface area (Å²) in [6.45, 7) is 0.200. The molecular weight excluding hydrogens is 376 g/mol. The first-order valence-electron chi connectivity index (χ1n) is 9.05. The number of hydrogen-bond acceptors (Lipinski definition) is 6. The molecule has 4 amide bonds. The van der Waals surface area contributed by atoms with E-state index in [-0.39, 0.29) is 13.0 Å². The number of methoxy groups -OCH3 is 2. The molecule has 0 spiro atoms. The Hall–Kier alpha value is -3.62. The zero-order valence-corrected chi connectivity index (χ0v) is 16.2. The lowest BCUT2D eigenvalue weighted by Crippen LogP contribution is -2.35. The smallest absolute Gasteiger partial charge is 0.324 e. The molecule has 1 aliphatic heterocycles. The van der Waals surface area contributed by atoms with Gasteiger partial charge in [-0.2, -0.15) is 0 Å². The number of carbonyl (C=O) groups is 3. The van der Waals surface area contributed by atoms with E-state index in [1.165, 1.54) is 13.3 Å². The van der Waals surface area contributed by atoms with Gasteiger partial charge in [0.2, 0.25) is 11.8 Å². The maximum atomic E-state index is 12.6. The van der Waals surface area contributed by atoms with Gasteiger partial charge in [-0.05, 0) is 24.1 Å². The first-order valence-corrected chi connectivity index (χ1v) is 9.05. The minimum absolute atomic E-state index is 0.165. The topological polar surface area (TPSA) is 110 Å². The van der Waals surface area contributed by atoms with E-state index in [0.717, 1.165) is 10.5 Å². The number of pyridine rings is 1. The standard InChI is InChI=1S/C20H22N4O5/c1-28-16-6-4-3-5-13(16)9-10-24-19(26)15(23-20(24)27)11-17(25)22-14-7-8-18(29-2)21-12-14/h3-8,12,15H,9-11H2,1-2H3,(H,22,25)(H,23,27)/t15-/m1/s1. The lowest BCUT2D eigenvalue weighted by atomic mass is 10.1. The summed E-state index contributed by atoms with van der Waals surface area (Å²) in [5, 5.41) is 5.21. The van der Waals surface area contributed by atoms with Crippen LogP contribution in [-0.2, 0) is 16.0 Å². The Labute approximate surface area is 168 Å². The van der Waals surface area contributed by atoms with Gasteiger partial charge in [0.05, 0.1) is 32.5 Å². The van der Waals surface area contributed by atoms with Crippen molar-refractivity contribution >= 4 is 23.5 Å². The van der Waals surface area contributed by atoms with Crippen molar-refractivity contribution in [1.82, 2.24) is 15.2 Å². The predicted molar refractivity (Wildman–Crippen MR) is 105 cm³/mol. The molecule has 2 heterocycles. The minimum atomic E-state index is -0.897. The van der Waals surface area contributed by atoms with Gasteiger partial charge in [0.1, 0.15) is 11.8 Å². The molecule has 3 rings (SSSR count). The molecule has 1 aromatic carbocycles. The molecule has 9 nitrogen and oxygen atoms in total. The first kappa shape index (κ1) is 20.1. The van der Waals surface area contributed by atoms with Crippen molar-refractivity contribution < 1.29 is 23.9 Å². The second-order valence-corrected chi connectivity index (χ2v) is 6.40. The monoisotopic (exact) mass is 398 g/mol. The van der Waals surface area contributed by atoms with Gasteiger partial charge in [-0.1, -0.05) is 18.2 Å². The van der Waals surface area contributed by atoms with Gasteiger partial charge in [-0.3, -0.25) is 14.5 Å². The fraction of sp³-hybridized carbons (Fsp3) is 0.300. The summed E-state index contributed by atoms with van der Waals surface area (Å²) in [7, 11) is 3.06. The number of ether oxygens (including phenoxy) is 2. The highest BCUT2D eigenvalue weighted by Gasteiger charge is 2.38. The van der Waals surface area contributed by atoms with E-state index in [4.69, 9.17) is 9.47 Å². The van der Waals surface area contributed by atoms with Crippen molar-refractivity contribution in [3.63, 3.8) is 0 Å². The summed E-state index contributed by atoms with van der Waals surface area (Å²) in [5.74, 6) is 0.297. The molecule has 1 aliphatic rings. The van der Waals surface area contributed by atoms with Crippen molar-refractivity contribution in [3.8, 4) is 11.6 Å². The molecule has 2 aromatic rings. The Morgan fingerprint density at radius 3 is 2.66 bits per heavy atom. The van der Waals surface area contributed by atoms with Crippen molar-refractivity contribution in [1.29, 1.82) is 0 Å². The summed E-state index contributed by atoms with van der Waals surface area (Å²) in [5.41, 5.74) is 1.37. The number of nitrogens with zero attached hydrogens (tertiary/aromatic N) is 2. The van der Waals surface area contributed by atoms with E-state index in [1.54, 1.807) is 19.2 Å².